The maximum atomic E-state index is 5.75. The summed E-state index contributed by atoms with van der Waals surface area (Å²) in [6, 6.07) is 10.2. The molecule has 0 spiro atoms. The molecule has 0 bridgehead atoms. The molecule has 1 aromatic rings. The monoisotopic (exact) mass is 306 g/mol. The Morgan fingerprint density at radius 2 is 1.76 bits per heavy atom. The standard InChI is InChI=1S/C11H15O2PS3/c1-11(2)8-12-14(15,13-9-11)17-16-10-6-4-3-5-7-10/h3-7H,8-9H2,1-2H3. The van der Waals surface area contributed by atoms with E-state index in [9.17, 15) is 0 Å². The van der Waals surface area contributed by atoms with E-state index in [1.165, 1.54) is 4.90 Å². The van der Waals surface area contributed by atoms with E-state index in [1.54, 1.807) is 21.2 Å². The summed E-state index contributed by atoms with van der Waals surface area (Å²) in [4.78, 5) is 1.18. The number of hydrogen-bond acceptors (Lipinski definition) is 5. The Kier molecular flexibility index (Phi) is 4.61. The highest BCUT2D eigenvalue weighted by molar-refractivity contribution is 9.03. The molecule has 1 fully saturated rings. The lowest BCUT2D eigenvalue weighted by Gasteiger charge is -2.35. The second kappa shape index (κ2) is 5.64. The molecule has 1 aromatic carbocycles. The van der Waals surface area contributed by atoms with Crippen molar-refractivity contribution in [3.05, 3.63) is 30.3 Å². The van der Waals surface area contributed by atoms with Crippen LogP contribution in [0.1, 0.15) is 13.8 Å². The molecular weight excluding hydrogens is 291 g/mol. The molecular formula is C11H15O2PS3. The summed E-state index contributed by atoms with van der Waals surface area (Å²) in [6.45, 7) is 5.63. The molecule has 0 N–H and O–H groups in total. The van der Waals surface area contributed by atoms with Crippen molar-refractivity contribution >= 4 is 38.7 Å². The molecule has 1 heterocycles. The van der Waals surface area contributed by atoms with Crippen molar-refractivity contribution in [2.24, 2.45) is 5.41 Å². The van der Waals surface area contributed by atoms with E-state index < -0.39 is 5.69 Å². The van der Waals surface area contributed by atoms with Gasteiger partial charge in [-0.25, -0.2) is 0 Å². The van der Waals surface area contributed by atoms with Crippen LogP contribution in [0.3, 0.4) is 0 Å². The third-order valence-electron chi connectivity index (χ3n) is 2.19. The Morgan fingerprint density at radius 1 is 1.18 bits per heavy atom. The molecule has 0 aliphatic carbocycles. The van der Waals surface area contributed by atoms with Gasteiger partial charge in [-0.1, -0.05) is 32.0 Å². The summed E-state index contributed by atoms with van der Waals surface area (Å²) >= 11 is 5.46. The molecule has 1 aliphatic rings. The molecule has 0 unspecified atom stereocenters. The van der Waals surface area contributed by atoms with Gasteiger partial charge in [-0.15, -0.1) is 0 Å². The first-order valence-electron chi connectivity index (χ1n) is 5.30. The van der Waals surface area contributed by atoms with Crippen LogP contribution in [0.25, 0.3) is 0 Å². The topological polar surface area (TPSA) is 18.5 Å². The Balaban J connectivity index is 1.90. The second-order valence-corrected chi connectivity index (χ2v) is 12.7. The Bertz CT molecular complexity index is 408. The Morgan fingerprint density at radius 3 is 2.35 bits per heavy atom. The zero-order chi connectivity index (χ0) is 12.4. The fourth-order valence-corrected chi connectivity index (χ4v) is 7.76. The number of benzene rings is 1. The van der Waals surface area contributed by atoms with Gasteiger partial charge >= 0.3 is 0 Å². The van der Waals surface area contributed by atoms with E-state index in [0.717, 1.165) is 0 Å². The van der Waals surface area contributed by atoms with Gasteiger partial charge in [-0.3, -0.25) is 0 Å². The van der Waals surface area contributed by atoms with Crippen LogP contribution in [0.2, 0.25) is 0 Å². The summed E-state index contributed by atoms with van der Waals surface area (Å²) in [5.41, 5.74) is -2.06. The average Bonchev–Trinajstić information content (AvgIpc) is 2.33. The van der Waals surface area contributed by atoms with Gasteiger partial charge in [0.2, 0.25) is 0 Å². The minimum Gasteiger partial charge on any atom is -0.320 e. The fourth-order valence-electron chi connectivity index (χ4n) is 1.19. The van der Waals surface area contributed by atoms with E-state index in [1.807, 2.05) is 18.2 Å². The van der Waals surface area contributed by atoms with Crippen LogP contribution < -0.4 is 0 Å². The smallest absolute Gasteiger partial charge is 0.258 e. The fraction of sp³-hybridized carbons (Fsp3) is 0.455. The van der Waals surface area contributed by atoms with Crippen LogP contribution in [0.15, 0.2) is 35.2 Å². The van der Waals surface area contributed by atoms with Gasteiger partial charge in [-0.2, -0.15) is 0 Å². The van der Waals surface area contributed by atoms with Crippen LogP contribution in [0.5, 0.6) is 0 Å². The van der Waals surface area contributed by atoms with E-state index in [4.69, 9.17) is 20.9 Å². The van der Waals surface area contributed by atoms with Crippen LogP contribution in [0, 0.1) is 5.41 Å². The Hall–Kier alpha value is 0.490. The Labute approximate surface area is 115 Å². The molecule has 0 radical (unpaired) electrons. The normalized spacial score (nSPS) is 22.2. The predicted octanol–water partition coefficient (Wildman–Crippen LogP) is 4.72. The van der Waals surface area contributed by atoms with Crippen LogP contribution in [-0.2, 0) is 20.9 Å². The van der Waals surface area contributed by atoms with Gasteiger partial charge in [-0.05, 0) is 34.7 Å². The summed E-state index contributed by atoms with van der Waals surface area (Å²) in [5.74, 6) is 0. The molecule has 2 rings (SSSR count). The van der Waals surface area contributed by atoms with Crippen LogP contribution in [-0.4, -0.2) is 13.2 Å². The van der Waals surface area contributed by atoms with Crippen molar-refractivity contribution in [2.75, 3.05) is 13.2 Å². The van der Waals surface area contributed by atoms with E-state index >= 15 is 0 Å². The maximum Gasteiger partial charge on any atom is 0.258 e. The molecule has 94 valence electrons. The first kappa shape index (κ1) is 13.9. The average molecular weight is 306 g/mol. The quantitative estimate of drug-likeness (QED) is 0.592. The van der Waals surface area contributed by atoms with Crippen molar-refractivity contribution in [2.45, 2.75) is 18.7 Å². The zero-order valence-corrected chi connectivity index (χ0v) is 13.1. The van der Waals surface area contributed by atoms with Gasteiger partial charge in [0, 0.05) is 20.7 Å². The maximum absolute atomic E-state index is 5.75. The second-order valence-electron chi connectivity index (χ2n) is 4.63. The lowest BCUT2D eigenvalue weighted by Crippen LogP contribution is -2.28. The molecule has 17 heavy (non-hydrogen) atoms. The molecule has 0 aromatic heterocycles. The van der Waals surface area contributed by atoms with Gasteiger partial charge < -0.3 is 9.05 Å². The molecule has 6 heteroatoms. The van der Waals surface area contributed by atoms with Crippen LogP contribution in [0.4, 0.5) is 0 Å². The third kappa shape index (κ3) is 4.27. The predicted molar refractivity (Wildman–Crippen MR) is 79.9 cm³/mol. The molecule has 0 amide bonds. The molecule has 0 saturated carbocycles. The summed E-state index contributed by atoms with van der Waals surface area (Å²) < 4.78 is 11.5. The van der Waals surface area contributed by atoms with E-state index in [-0.39, 0.29) is 5.41 Å². The van der Waals surface area contributed by atoms with Crippen molar-refractivity contribution in [3.8, 4) is 0 Å². The minimum atomic E-state index is -2.15. The van der Waals surface area contributed by atoms with E-state index in [0.29, 0.717) is 13.2 Å². The molecule has 1 aliphatic heterocycles. The van der Waals surface area contributed by atoms with Crippen LogP contribution >= 0.6 is 26.9 Å². The largest absolute Gasteiger partial charge is 0.320 e. The van der Waals surface area contributed by atoms with Gasteiger partial charge in [0.1, 0.15) is 0 Å². The van der Waals surface area contributed by atoms with Crippen molar-refractivity contribution < 1.29 is 9.05 Å². The van der Waals surface area contributed by atoms with E-state index in [2.05, 4.69) is 26.0 Å². The summed E-state index contributed by atoms with van der Waals surface area (Å²) in [7, 11) is 3.19. The molecule has 2 nitrogen and oxygen atoms in total. The van der Waals surface area contributed by atoms with Gasteiger partial charge in [0.05, 0.1) is 13.2 Å². The first-order chi connectivity index (χ1) is 7.99. The van der Waals surface area contributed by atoms with Gasteiger partial charge in [0.15, 0.2) is 0 Å². The third-order valence-corrected chi connectivity index (χ3v) is 10.4. The van der Waals surface area contributed by atoms with Gasteiger partial charge in [0.25, 0.3) is 5.69 Å². The number of hydrogen-bond donors (Lipinski definition) is 0. The number of rotatable bonds is 3. The van der Waals surface area contributed by atoms with Crippen molar-refractivity contribution in [1.82, 2.24) is 0 Å². The van der Waals surface area contributed by atoms with Crippen molar-refractivity contribution in [1.29, 1.82) is 0 Å². The zero-order valence-electron chi connectivity index (χ0n) is 9.79. The van der Waals surface area contributed by atoms with Crippen molar-refractivity contribution in [3.63, 3.8) is 0 Å². The highest BCUT2D eigenvalue weighted by Crippen LogP contribution is 2.69. The lowest BCUT2D eigenvalue weighted by atomic mass is 9.97. The highest BCUT2D eigenvalue weighted by Gasteiger charge is 2.34. The molecule has 0 atom stereocenters. The lowest BCUT2D eigenvalue weighted by molar-refractivity contribution is 0.0673. The minimum absolute atomic E-state index is 0.0836. The first-order valence-corrected chi connectivity index (χ1v) is 10.7. The summed E-state index contributed by atoms with van der Waals surface area (Å²) in [5, 5.41) is 0. The molecule has 1 saturated heterocycles. The summed E-state index contributed by atoms with van der Waals surface area (Å²) in [6.07, 6.45) is 0. The highest BCUT2D eigenvalue weighted by atomic mass is 33.4. The SMILES string of the molecule is CC1(C)COP(=S)(SSc2ccccc2)OC1.